The fraction of sp³-hybridized carbons (Fsp3) is 0.379. The molecular formula is C29H31ClFN7. The van der Waals surface area contributed by atoms with Gasteiger partial charge in [0.05, 0.1) is 33.5 Å². The predicted molar refractivity (Wildman–Crippen MR) is 149 cm³/mol. The zero-order valence-corrected chi connectivity index (χ0v) is 22.1. The molecule has 2 fully saturated rings. The number of benzene rings is 2. The first kappa shape index (κ1) is 24.8. The molecule has 3 aromatic rings. The third kappa shape index (κ3) is 4.72. The first-order valence-corrected chi connectivity index (χ1v) is 13.7. The molecule has 9 heteroatoms. The highest BCUT2D eigenvalue weighted by Crippen LogP contribution is 2.44. The second kappa shape index (κ2) is 9.97. The van der Waals surface area contributed by atoms with Crippen LogP contribution in [0.4, 0.5) is 15.8 Å². The summed E-state index contributed by atoms with van der Waals surface area (Å²) in [6.07, 6.45) is 10.7. The highest BCUT2D eigenvalue weighted by Gasteiger charge is 2.35. The van der Waals surface area contributed by atoms with Crippen molar-refractivity contribution < 1.29 is 4.39 Å². The average molecular weight is 532 g/mol. The van der Waals surface area contributed by atoms with E-state index in [1.807, 2.05) is 12.1 Å². The smallest absolute Gasteiger partial charge is 0.123 e. The monoisotopic (exact) mass is 531 g/mol. The van der Waals surface area contributed by atoms with E-state index in [1.54, 1.807) is 18.3 Å². The summed E-state index contributed by atoms with van der Waals surface area (Å²) in [6, 6.07) is 12.8. The number of nitrogens with zero attached hydrogens (tertiary/aromatic N) is 3. The first-order chi connectivity index (χ1) is 18.5. The maximum atomic E-state index is 13.8. The zero-order chi connectivity index (χ0) is 26.3. The van der Waals surface area contributed by atoms with Gasteiger partial charge in [-0.2, -0.15) is 5.26 Å². The molecule has 2 heterocycles. The minimum Gasteiger partial charge on any atom is -0.383 e. The van der Waals surface area contributed by atoms with Gasteiger partial charge in [0, 0.05) is 36.1 Å². The van der Waals surface area contributed by atoms with Crippen molar-refractivity contribution in [3.8, 4) is 6.07 Å². The van der Waals surface area contributed by atoms with Crippen LogP contribution in [-0.4, -0.2) is 22.6 Å². The number of hydrazine groups is 2. The normalized spacial score (nSPS) is 18.8. The van der Waals surface area contributed by atoms with Crippen LogP contribution in [0.1, 0.15) is 62.6 Å². The molecule has 4 N–H and O–H groups in total. The summed E-state index contributed by atoms with van der Waals surface area (Å²) in [6.45, 7) is 3.04. The molecule has 1 atom stereocenters. The van der Waals surface area contributed by atoms with Crippen molar-refractivity contribution in [2.45, 2.75) is 57.5 Å². The molecule has 0 bridgehead atoms. The van der Waals surface area contributed by atoms with Crippen LogP contribution in [0.3, 0.4) is 0 Å². The van der Waals surface area contributed by atoms with Crippen LogP contribution in [0.2, 0.25) is 5.02 Å². The second-order valence-corrected chi connectivity index (χ2v) is 11.1. The summed E-state index contributed by atoms with van der Waals surface area (Å²) in [5.41, 5.74) is 11.3. The van der Waals surface area contributed by atoms with Crippen molar-refractivity contribution in [3.05, 3.63) is 76.5 Å². The van der Waals surface area contributed by atoms with E-state index >= 15 is 0 Å². The van der Waals surface area contributed by atoms with Gasteiger partial charge in [-0.25, -0.2) is 4.39 Å². The van der Waals surface area contributed by atoms with Gasteiger partial charge in [-0.3, -0.25) is 9.99 Å². The van der Waals surface area contributed by atoms with Crippen molar-refractivity contribution in [2.75, 3.05) is 17.2 Å². The molecule has 1 aliphatic heterocycles. The van der Waals surface area contributed by atoms with E-state index in [9.17, 15) is 9.65 Å². The lowest BCUT2D eigenvalue weighted by Crippen LogP contribution is -2.38. The molecule has 3 aliphatic rings. The summed E-state index contributed by atoms with van der Waals surface area (Å²) < 4.78 is 13.8. The molecule has 1 aromatic heterocycles. The molecule has 0 radical (unpaired) electrons. The van der Waals surface area contributed by atoms with Gasteiger partial charge in [0.2, 0.25) is 0 Å². The quantitative estimate of drug-likeness (QED) is 0.255. The Kier molecular flexibility index (Phi) is 6.50. The highest BCUT2D eigenvalue weighted by atomic mass is 35.5. The molecular weight excluding hydrogens is 501 g/mol. The number of anilines is 2. The minimum absolute atomic E-state index is 0.275. The van der Waals surface area contributed by atoms with E-state index in [0.717, 1.165) is 53.8 Å². The lowest BCUT2D eigenvalue weighted by atomic mass is 9.67. The van der Waals surface area contributed by atoms with Crippen molar-refractivity contribution in [1.29, 1.82) is 5.26 Å². The van der Waals surface area contributed by atoms with E-state index in [1.165, 1.54) is 31.4 Å². The second-order valence-electron chi connectivity index (χ2n) is 10.7. The van der Waals surface area contributed by atoms with Crippen molar-refractivity contribution in [2.24, 2.45) is 5.41 Å². The van der Waals surface area contributed by atoms with Gasteiger partial charge >= 0.3 is 0 Å². The van der Waals surface area contributed by atoms with Gasteiger partial charge in [0.25, 0.3) is 0 Å². The fourth-order valence-corrected chi connectivity index (χ4v) is 5.70. The Morgan fingerprint density at radius 3 is 2.71 bits per heavy atom. The number of nitrogens with one attached hydrogen (secondary N) is 4. The van der Waals surface area contributed by atoms with Crippen LogP contribution < -0.4 is 21.6 Å². The average Bonchev–Trinajstić information content (AvgIpc) is 3.64. The molecule has 1 unspecified atom stereocenters. The number of nitriles is 1. The SMILES string of the molecule is CCC1(CNc2c(C#N)cnc3c(Cl)cc(NC(C4=CN(C5CC5)NN4)c4ccc(F)cc4)cc23)CCC1. The van der Waals surface area contributed by atoms with Crippen LogP contribution in [0.25, 0.3) is 10.9 Å². The summed E-state index contributed by atoms with van der Waals surface area (Å²) in [5, 5.41) is 20.4. The fourth-order valence-electron chi connectivity index (χ4n) is 5.43. The lowest BCUT2D eigenvalue weighted by molar-refractivity contribution is 0.145. The summed E-state index contributed by atoms with van der Waals surface area (Å²) in [4.78, 5) is 4.51. The number of pyridine rings is 1. The molecule has 0 saturated heterocycles. The molecule has 6 rings (SSSR count). The molecule has 7 nitrogen and oxygen atoms in total. The van der Waals surface area contributed by atoms with Crippen LogP contribution in [0.5, 0.6) is 0 Å². The largest absolute Gasteiger partial charge is 0.383 e. The molecule has 0 amide bonds. The maximum absolute atomic E-state index is 13.8. The summed E-state index contributed by atoms with van der Waals surface area (Å²) in [5.74, 6) is -0.283. The van der Waals surface area contributed by atoms with Crippen molar-refractivity contribution in [1.82, 2.24) is 21.0 Å². The number of hydrogen-bond donors (Lipinski definition) is 4. The molecule has 2 saturated carbocycles. The number of fused-ring (bicyclic) bond motifs is 1. The van der Waals surface area contributed by atoms with Gasteiger partial charge < -0.3 is 16.1 Å². The molecule has 0 spiro atoms. The summed E-state index contributed by atoms with van der Waals surface area (Å²) in [7, 11) is 0. The predicted octanol–water partition coefficient (Wildman–Crippen LogP) is 6.37. The number of rotatable bonds is 9. The Balaban J connectivity index is 1.37. The van der Waals surface area contributed by atoms with E-state index in [-0.39, 0.29) is 17.3 Å². The van der Waals surface area contributed by atoms with Crippen LogP contribution in [0.15, 0.2) is 54.5 Å². The third-order valence-corrected chi connectivity index (χ3v) is 8.51. The van der Waals surface area contributed by atoms with E-state index < -0.39 is 0 Å². The van der Waals surface area contributed by atoms with Gasteiger partial charge in [0.15, 0.2) is 0 Å². The molecule has 2 aromatic carbocycles. The maximum Gasteiger partial charge on any atom is 0.123 e. The zero-order valence-electron chi connectivity index (χ0n) is 21.3. The Bertz CT molecular complexity index is 1420. The Morgan fingerprint density at radius 1 is 1.26 bits per heavy atom. The van der Waals surface area contributed by atoms with E-state index in [4.69, 9.17) is 11.6 Å². The number of halogens is 2. The van der Waals surface area contributed by atoms with Gasteiger partial charge in [0.1, 0.15) is 11.9 Å². The summed E-state index contributed by atoms with van der Waals surface area (Å²) >= 11 is 6.75. The molecule has 2 aliphatic carbocycles. The Labute approximate surface area is 227 Å². The third-order valence-electron chi connectivity index (χ3n) is 8.22. The first-order valence-electron chi connectivity index (χ1n) is 13.3. The molecule has 196 valence electrons. The van der Waals surface area contributed by atoms with Crippen molar-refractivity contribution >= 4 is 33.9 Å². The Hall–Kier alpha value is -3.54. The van der Waals surface area contributed by atoms with E-state index in [0.29, 0.717) is 22.1 Å². The Morgan fingerprint density at radius 2 is 2.05 bits per heavy atom. The minimum atomic E-state index is -0.290. The standard InChI is InChI=1S/C29H31ClFN7/c1-2-29(10-3-11-29)17-34-26-19(14-32)15-33-28-23(26)12-21(13-24(28)30)35-27(18-4-6-20(31)7-5-18)25-16-38(37-36-25)22-8-9-22/h4-7,12-13,15-16,22,27,35-37H,2-3,8-11,17H2,1H3,(H,33,34). The van der Waals surface area contributed by atoms with Gasteiger partial charge in [-0.1, -0.05) is 37.1 Å². The topological polar surface area (TPSA) is 88.0 Å². The van der Waals surface area contributed by atoms with Gasteiger partial charge in [-0.05, 0) is 67.3 Å². The molecule has 38 heavy (non-hydrogen) atoms. The van der Waals surface area contributed by atoms with Crippen LogP contribution >= 0.6 is 11.6 Å². The number of hydrogen-bond acceptors (Lipinski definition) is 7. The van der Waals surface area contributed by atoms with Gasteiger partial charge in [-0.15, -0.1) is 5.53 Å². The highest BCUT2D eigenvalue weighted by molar-refractivity contribution is 6.35. The van der Waals surface area contributed by atoms with Crippen molar-refractivity contribution in [3.63, 3.8) is 0 Å². The number of aromatic nitrogens is 1. The lowest BCUT2D eigenvalue weighted by Gasteiger charge is -2.41. The van der Waals surface area contributed by atoms with Crippen LogP contribution in [0, 0.1) is 22.6 Å². The van der Waals surface area contributed by atoms with E-state index in [2.05, 4.69) is 50.8 Å². The van der Waals surface area contributed by atoms with Crippen LogP contribution in [-0.2, 0) is 0 Å².